The first-order valence-electron chi connectivity index (χ1n) is 9.76. The molecule has 0 aliphatic carbocycles. The average molecular weight is 507 g/mol. The molecule has 0 spiro atoms. The molecule has 2 heterocycles. The Morgan fingerprint density at radius 3 is 2.61 bits per heavy atom. The molecule has 0 bridgehead atoms. The fraction of sp³-hybridized carbons (Fsp3) is 0.421. The number of carbonyl (C=O) groups excluding carboxylic acids is 3. The van der Waals surface area contributed by atoms with E-state index in [0.29, 0.717) is 10.7 Å². The van der Waals surface area contributed by atoms with Gasteiger partial charge in [-0.1, -0.05) is 28.4 Å². The normalized spacial score (nSPS) is 19.3. The van der Waals surface area contributed by atoms with Crippen molar-refractivity contribution in [3.8, 4) is 0 Å². The SMILES string of the molecule is C[C@H]1[C@@H](C(=O)Nc2ccc(Cl)c(Cl)c2)CCN1C(=O)C(=O)N[C@H](CC(F)(F)F)c1c[nH]nn1. The summed E-state index contributed by atoms with van der Waals surface area (Å²) in [5.41, 5.74) is 0.244. The zero-order chi connectivity index (χ0) is 24.3. The van der Waals surface area contributed by atoms with E-state index in [1.165, 1.54) is 12.1 Å². The Bertz CT molecular complexity index is 1030. The Labute approximate surface area is 196 Å². The van der Waals surface area contributed by atoms with Crippen molar-refractivity contribution in [3.63, 3.8) is 0 Å². The van der Waals surface area contributed by atoms with Crippen LogP contribution in [-0.2, 0) is 14.4 Å². The lowest BCUT2D eigenvalue weighted by molar-refractivity contribution is -0.151. The number of alkyl halides is 3. The lowest BCUT2D eigenvalue weighted by Gasteiger charge is -2.25. The van der Waals surface area contributed by atoms with Crippen molar-refractivity contribution in [1.29, 1.82) is 0 Å². The number of nitrogens with zero attached hydrogens (tertiary/aromatic N) is 3. The van der Waals surface area contributed by atoms with Gasteiger partial charge >= 0.3 is 18.0 Å². The molecule has 33 heavy (non-hydrogen) atoms. The average Bonchev–Trinajstić information content (AvgIpc) is 3.38. The first kappa shape index (κ1) is 24.8. The zero-order valence-corrected chi connectivity index (χ0v) is 18.6. The molecule has 1 fully saturated rings. The van der Waals surface area contributed by atoms with Gasteiger partial charge in [-0.3, -0.25) is 19.5 Å². The van der Waals surface area contributed by atoms with Crippen LogP contribution in [0.3, 0.4) is 0 Å². The molecule has 0 saturated carbocycles. The number of nitrogens with one attached hydrogen (secondary N) is 3. The second-order valence-corrected chi connectivity index (χ2v) is 8.31. The van der Waals surface area contributed by atoms with Crippen molar-refractivity contribution in [2.24, 2.45) is 5.92 Å². The Morgan fingerprint density at radius 2 is 2.00 bits per heavy atom. The van der Waals surface area contributed by atoms with Crippen LogP contribution in [0.2, 0.25) is 10.0 Å². The van der Waals surface area contributed by atoms with Crippen LogP contribution in [0.15, 0.2) is 24.4 Å². The van der Waals surface area contributed by atoms with Gasteiger partial charge in [0.2, 0.25) is 5.91 Å². The molecule has 3 rings (SSSR count). The predicted octanol–water partition coefficient (Wildman–Crippen LogP) is 3.10. The number of likely N-dealkylation sites (tertiary alicyclic amines) is 1. The second kappa shape index (κ2) is 9.96. The number of anilines is 1. The summed E-state index contributed by atoms with van der Waals surface area (Å²) in [5.74, 6) is -3.31. The molecular formula is C19H19Cl2F3N6O3. The largest absolute Gasteiger partial charge is 0.391 e. The summed E-state index contributed by atoms with van der Waals surface area (Å²) in [6.45, 7) is 1.67. The van der Waals surface area contributed by atoms with Gasteiger partial charge in [0, 0.05) is 24.5 Å². The van der Waals surface area contributed by atoms with Crippen LogP contribution in [0.25, 0.3) is 0 Å². The molecule has 14 heteroatoms. The smallest absolute Gasteiger partial charge is 0.339 e. The molecule has 2 aromatic rings. The third kappa shape index (κ3) is 6.14. The van der Waals surface area contributed by atoms with Crippen LogP contribution in [-0.4, -0.2) is 56.8 Å². The number of hydrogen-bond donors (Lipinski definition) is 3. The van der Waals surface area contributed by atoms with E-state index in [0.717, 1.165) is 11.1 Å². The Kier molecular flexibility index (Phi) is 7.48. The van der Waals surface area contributed by atoms with Gasteiger partial charge in [-0.05, 0) is 31.5 Å². The van der Waals surface area contributed by atoms with Crippen LogP contribution in [0, 0.1) is 5.92 Å². The van der Waals surface area contributed by atoms with Gasteiger partial charge in [0.1, 0.15) is 5.69 Å². The van der Waals surface area contributed by atoms with E-state index in [-0.39, 0.29) is 23.7 Å². The summed E-state index contributed by atoms with van der Waals surface area (Å²) in [5, 5.41) is 14.4. The topological polar surface area (TPSA) is 120 Å². The number of aromatic nitrogens is 3. The maximum atomic E-state index is 12.9. The van der Waals surface area contributed by atoms with E-state index in [2.05, 4.69) is 26.0 Å². The standard InChI is InChI=1S/C19H19Cl2F3N6O3/c1-9-11(16(31)26-10-2-3-12(20)13(21)6-10)4-5-30(9)18(33)17(32)27-14(7-19(22,23)24)15-8-25-29-28-15/h2-3,6,8-9,11,14H,4-5,7H2,1H3,(H,26,31)(H,27,32)(H,25,28,29)/t9-,11-,14+/m0/s1. The van der Waals surface area contributed by atoms with Gasteiger partial charge in [0.15, 0.2) is 0 Å². The number of benzene rings is 1. The van der Waals surface area contributed by atoms with E-state index in [4.69, 9.17) is 23.2 Å². The zero-order valence-electron chi connectivity index (χ0n) is 17.1. The predicted molar refractivity (Wildman–Crippen MR) is 112 cm³/mol. The fourth-order valence-corrected chi connectivity index (χ4v) is 3.88. The number of rotatable bonds is 5. The summed E-state index contributed by atoms with van der Waals surface area (Å²) in [7, 11) is 0. The summed E-state index contributed by atoms with van der Waals surface area (Å²) >= 11 is 11.8. The van der Waals surface area contributed by atoms with Crippen LogP contribution in [0.5, 0.6) is 0 Å². The number of aromatic amines is 1. The highest BCUT2D eigenvalue weighted by molar-refractivity contribution is 6.42. The van der Waals surface area contributed by atoms with Gasteiger partial charge in [0.05, 0.1) is 28.4 Å². The molecule has 1 aliphatic heterocycles. The molecule has 178 valence electrons. The lowest BCUT2D eigenvalue weighted by Crippen LogP contribution is -2.47. The van der Waals surface area contributed by atoms with Gasteiger partial charge < -0.3 is 15.5 Å². The molecular weight excluding hydrogens is 488 g/mol. The number of amides is 3. The molecule has 1 aliphatic rings. The van der Waals surface area contributed by atoms with E-state index in [9.17, 15) is 27.6 Å². The maximum absolute atomic E-state index is 12.9. The van der Waals surface area contributed by atoms with E-state index in [1.807, 2.05) is 0 Å². The molecule has 3 atom stereocenters. The Hall–Kier alpha value is -2.86. The van der Waals surface area contributed by atoms with Crippen molar-refractivity contribution in [2.75, 3.05) is 11.9 Å². The van der Waals surface area contributed by atoms with Gasteiger partial charge in [-0.25, -0.2) is 0 Å². The third-order valence-corrected chi connectivity index (χ3v) is 6.01. The van der Waals surface area contributed by atoms with E-state index < -0.39 is 48.3 Å². The summed E-state index contributed by atoms with van der Waals surface area (Å²) < 4.78 is 38.7. The number of carbonyl (C=O) groups is 3. The van der Waals surface area contributed by atoms with E-state index in [1.54, 1.807) is 13.0 Å². The summed E-state index contributed by atoms with van der Waals surface area (Å²) in [4.78, 5) is 38.9. The molecule has 3 amide bonds. The Morgan fingerprint density at radius 1 is 1.27 bits per heavy atom. The molecule has 1 aromatic carbocycles. The number of H-pyrrole nitrogens is 1. The molecule has 1 saturated heterocycles. The van der Waals surface area contributed by atoms with Crippen molar-refractivity contribution in [1.82, 2.24) is 25.6 Å². The van der Waals surface area contributed by atoms with Crippen LogP contribution >= 0.6 is 23.2 Å². The van der Waals surface area contributed by atoms with Gasteiger partial charge in [-0.2, -0.15) is 13.2 Å². The highest BCUT2D eigenvalue weighted by Crippen LogP contribution is 2.30. The number of halogens is 5. The molecule has 3 N–H and O–H groups in total. The van der Waals surface area contributed by atoms with Crippen molar-refractivity contribution >= 4 is 46.6 Å². The summed E-state index contributed by atoms with van der Waals surface area (Å²) in [6.07, 6.45) is -4.68. The minimum absolute atomic E-state index is 0.0841. The van der Waals surface area contributed by atoms with Crippen molar-refractivity contribution in [3.05, 3.63) is 40.1 Å². The van der Waals surface area contributed by atoms with Crippen molar-refractivity contribution < 1.29 is 27.6 Å². The van der Waals surface area contributed by atoms with E-state index >= 15 is 0 Å². The second-order valence-electron chi connectivity index (χ2n) is 7.50. The monoisotopic (exact) mass is 506 g/mol. The molecule has 0 radical (unpaired) electrons. The van der Waals surface area contributed by atoms with Crippen molar-refractivity contribution in [2.45, 2.75) is 38.0 Å². The van der Waals surface area contributed by atoms with Gasteiger partial charge in [-0.15, -0.1) is 5.10 Å². The van der Waals surface area contributed by atoms with Gasteiger partial charge in [0.25, 0.3) is 0 Å². The lowest BCUT2D eigenvalue weighted by atomic mass is 10.0. The number of hydrogen-bond acceptors (Lipinski definition) is 5. The highest BCUT2D eigenvalue weighted by Gasteiger charge is 2.41. The molecule has 1 aromatic heterocycles. The first-order chi connectivity index (χ1) is 15.5. The quantitative estimate of drug-likeness (QED) is 0.538. The minimum atomic E-state index is -4.62. The van der Waals surface area contributed by atoms with Crippen LogP contribution in [0.1, 0.15) is 31.5 Å². The maximum Gasteiger partial charge on any atom is 0.391 e. The van der Waals surface area contributed by atoms with Crippen LogP contribution in [0.4, 0.5) is 18.9 Å². The van der Waals surface area contributed by atoms with Crippen LogP contribution < -0.4 is 10.6 Å². The highest BCUT2D eigenvalue weighted by atomic mass is 35.5. The Balaban J connectivity index is 1.64. The summed E-state index contributed by atoms with van der Waals surface area (Å²) in [6, 6.07) is 2.30. The first-order valence-corrected chi connectivity index (χ1v) is 10.5. The molecule has 0 unspecified atom stereocenters. The fourth-order valence-electron chi connectivity index (χ4n) is 3.58. The third-order valence-electron chi connectivity index (χ3n) is 5.27. The molecule has 9 nitrogen and oxygen atoms in total. The minimum Gasteiger partial charge on any atom is -0.339 e.